The highest BCUT2D eigenvalue weighted by Gasteiger charge is 2.31. The molecule has 0 fully saturated rings. The van der Waals surface area contributed by atoms with Gasteiger partial charge in [0.1, 0.15) is 12.2 Å². The molecule has 0 saturated carbocycles. The average molecular weight is 292 g/mol. The Morgan fingerprint density at radius 3 is 2.57 bits per heavy atom. The summed E-state index contributed by atoms with van der Waals surface area (Å²) in [6.45, 7) is 4.20. The molecular weight excluding hydrogens is 264 g/mol. The Balaban J connectivity index is 1.89. The number of rotatable bonds is 8. The summed E-state index contributed by atoms with van der Waals surface area (Å²) >= 11 is 0. The largest absolute Gasteiger partial charge is 0.383 e. The summed E-state index contributed by atoms with van der Waals surface area (Å²) in [5, 5.41) is 10.5. The van der Waals surface area contributed by atoms with Crippen LogP contribution in [0.3, 0.4) is 0 Å². The quantitative estimate of drug-likeness (QED) is 0.566. The predicted molar refractivity (Wildman–Crippen MR) is 84.3 cm³/mol. The van der Waals surface area contributed by atoms with E-state index in [0.717, 1.165) is 29.7 Å². The van der Waals surface area contributed by atoms with Gasteiger partial charge in [0, 0.05) is 5.56 Å². The number of hydrogen-bond donors (Lipinski definition) is 1. The Kier molecular flexibility index (Phi) is 6.07. The van der Waals surface area contributed by atoms with Crippen LogP contribution in [-0.4, -0.2) is 11.7 Å². The van der Waals surface area contributed by atoms with Crippen LogP contribution in [0.4, 0.5) is 0 Å². The molecule has 1 aromatic carbocycles. The first kappa shape index (κ1) is 16.3. The molecule has 1 N–H and O–H groups in total. The maximum absolute atomic E-state index is 10.5. The van der Waals surface area contributed by atoms with Gasteiger partial charge in [-0.25, -0.2) is 0 Å². The summed E-state index contributed by atoms with van der Waals surface area (Å²) in [6, 6.07) is 5.82. The predicted octanol–water partition coefficient (Wildman–Crippen LogP) is 4.51. The molecule has 1 unspecified atom stereocenters. The van der Waals surface area contributed by atoms with Crippen LogP contribution < -0.4 is 4.89 Å². The monoisotopic (exact) mass is 292 g/mol. The maximum atomic E-state index is 10.5. The Morgan fingerprint density at radius 1 is 1.10 bits per heavy atom. The maximum Gasteiger partial charge on any atom is 0.168 e. The highest BCUT2D eigenvalue weighted by Crippen LogP contribution is 2.35. The first-order valence-corrected chi connectivity index (χ1v) is 8.29. The van der Waals surface area contributed by atoms with Crippen molar-refractivity contribution in [2.45, 2.75) is 70.8 Å². The molecule has 0 aromatic heterocycles. The van der Waals surface area contributed by atoms with Crippen LogP contribution in [0.25, 0.3) is 0 Å². The fraction of sp³-hybridized carbons (Fsp3) is 0.667. The molecule has 118 valence electrons. The van der Waals surface area contributed by atoms with Crippen LogP contribution in [-0.2, 0) is 16.9 Å². The third-order valence-corrected chi connectivity index (χ3v) is 4.23. The van der Waals surface area contributed by atoms with E-state index >= 15 is 0 Å². The normalized spacial score (nSPS) is 20.9. The standard InChI is InChI=1S/C18H28O3/c1-3-4-5-6-7-8-9-11-15-16-12-10-13-17(15)21-20-14-18(16,2)19/h10,12-13,19H,3-9,11,14H2,1-2H3. The zero-order valence-corrected chi connectivity index (χ0v) is 13.4. The molecule has 0 saturated heterocycles. The van der Waals surface area contributed by atoms with E-state index < -0.39 is 5.60 Å². The molecule has 1 heterocycles. The van der Waals surface area contributed by atoms with Crippen LogP contribution >= 0.6 is 0 Å². The third-order valence-electron chi connectivity index (χ3n) is 4.23. The summed E-state index contributed by atoms with van der Waals surface area (Å²) < 4.78 is 0. The summed E-state index contributed by atoms with van der Waals surface area (Å²) in [4.78, 5) is 10.4. The van der Waals surface area contributed by atoms with Gasteiger partial charge in [0.05, 0.1) is 0 Å². The average Bonchev–Trinajstić information content (AvgIpc) is 2.52. The van der Waals surface area contributed by atoms with Gasteiger partial charge in [0.2, 0.25) is 0 Å². The zero-order chi connectivity index (χ0) is 15.1. The summed E-state index contributed by atoms with van der Waals surface area (Å²) in [6.07, 6.45) is 9.94. The number of unbranched alkanes of at least 4 members (excludes halogenated alkanes) is 6. The molecular formula is C18H28O3. The second-order valence-corrected chi connectivity index (χ2v) is 6.27. The molecule has 0 aliphatic carbocycles. The molecule has 0 radical (unpaired) electrons. The van der Waals surface area contributed by atoms with Crippen molar-refractivity contribution in [3.8, 4) is 5.75 Å². The number of hydrogen-bond acceptors (Lipinski definition) is 3. The van der Waals surface area contributed by atoms with Gasteiger partial charge in [-0.05, 0) is 31.4 Å². The Labute approximate surface area is 128 Å². The summed E-state index contributed by atoms with van der Waals surface area (Å²) in [5.41, 5.74) is 1.08. The minimum absolute atomic E-state index is 0.171. The lowest BCUT2D eigenvalue weighted by molar-refractivity contribution is -0.237. The second-order valence-electron chi connectivity index (χ2n) is 6.27. The highest BCUT2D eigenvalue weighted by atomic mass is 17.2. The second kappa shape index (κ2) is 7.81. The molecule has 1 aliphatic rings. The minimum Gasteiger partial charge on any atom is -0.383 e. The van der Waals surface area contributed by atoms with E-state index in [2.05, 4.69) is 6.92 Å². The minimum atomic E-state index is -0.969. The first-order chi connectivity index (χ1) is 10.1. The molecule has 1 aromatic rings. The molecule has 1 aliphatic heterocycles. The smallest absolute Gasteiger partial charge is 0.168 e. The molecule has 0 spiro atoms. The number of aliphatic hydroxyl groups is 1. The van der Waals surface area contributed by atoms with Crippen molar-refractivity contribution in [1.82, 2.24) is 0 Å². The van der Waals surface area contributed by atoms with Crippen LogP contribution in [0, 0.1) is 0 Å². The lowest BCUT2D eigenvalue weighted by Crippen LogP contribution is -2.27. The Hall–Kier alpha value is -1.06. The van der Waals surface area contributed by atoms with Crippen molar-refractivity contribution >= 4 is 0 Å². The van der Waals surface area contributed by atoms with Crippen LogP contribution in [0.5, 0.6) is 5.75 Å². The van der Waals surface area contributed by atoms with Crippen LogP contribution in [0.2, 0.25) is 0 Å². The molecule has 2 bridgehead atoms. The lowest BCUT2D eigenvalue weighted by atomic mass is 9.89. The highest BCUT2D eigenvalue weighted by molar-refractivity contribution is 5.43. The zero-order valence-electron chi connectivity index (χ0n) is 13.4. The van der Waals surface area contributed by atoms with Crippen LogP contribution in [0.15, 0.2) is 18.2 Å². The first-order valence-electron chi connectivity index (χ1n) is 8.29. The van der Waals surface area contributed by atoms with Crippen molar-refractivity contribution in [2.24, 2.45) is 0 Å². The van der Waals surface area contributed by atoms with Gasteiger partial charge in [-0.3, -0.25) is 0 Å². The van der Waals surface area contributed by atoms with E-state index in [1.165, 1.54) is 38.5 Å². The lowest BCUT2D eigenvalue weighted by Gasteiger charge is -2.22. The van der Waals surface area contributed by atoms with Gasteiger partial charge in [0.15, 0.2) is 5.75 Å². The van der Waals surface area contributed by atoms with E-state index in [-0.39, 0.29) is 6.61 Å². The SMILES string of the molecule is CCCCCCCCCc1c2cccc1C(C)(O)COO2. The van der Waals surface area contributed by atoms with Crippen molar-refractivity contribution in [1.29, 1.82) is 0 Å². The van der Waals surface area contributed by atoms with Gasteiger partial charge in [-0.15, -0.1) is 0 Å². The van der Waals surface area contributed by atoms with Crippen molar-refractivity contribution < 1.29 is 14.9 Å². The van der Waals surface area contributed by atoms with E-state index in [4.69, 9.17) is 9.78 Å². The third kappa shape index (κ3) is 4.45. The van der Waals surface area contributed by atoms with Crippen LogP contribution in [0.1, 0.15) is 69.9 Å². The fourth-order valence-electron chi connectivity index (χ4n) is 2.95. The van der Waals surface area contributed by atoms with E-state index in [0.29, 0.717) is 0 Å². The molecule has 0 amide bonds. The Morgan fingerprint density at radius 2 is 1.81 bits per heavy atom. The number of fused-ring (bicyclic) bond motifs is 2. The molecule has 2 rings (SSSR count). The topological polar surface area (TPSA) is 38.7 Å². The molecule has 1 atom stereocenters. The van der Waals surface area contributed by atoms with Gasteiger partial charge in [-0.1, -0.05) is 57.6 Å². The summed E-state index contributed by atoms with van der Waals surface area (Å²) in [5.74, 6) is 0.760. The van der Waals surface area contributed by atoms with Crippen molar-refractivity contribution in [3.63, 3.8) is 0 Å². The molecule has 21 heavy (non-hydrogen) atoms. The van der Waals surface area contributed by atoms with Gasteiger partial charge < -0.3 is 9.99 Å². The van der Waals surface area contributed by atoms with Gasteiger partial charge in [-0.2, -0.15) is 4.89 Å². The van der Waals surface area contributed by atoms with E-state index in [1.54, 1.807) is 6.92 Å². The van der Waals surface area contributed by atoms with Crippen molar-refractivity contribution in [2.75, 3.05) is 6.61 Å². The van der Waals surface area contributed by atoms with Crippen molar-refractivity contribution in [3.05, 3.63) is 29.3 Å². The van der Waals surface area contributed by atoms with Gasteiger partial charge >= 0.3 is 0 Å². The molecule has 3 heteroatoms. The summed E-state index contributed by atoms with van der Waals surface area (Å²) in [7, 11) is 0. The van der Waals surface area contributed by atoms with E-state index in [1.807, 2.05) is 18.2 Å². The Bertz CT molecular complexity index is 440. The van der Waals surface area contributed by atoms with Gasteiger partial charge in [0.25, 0.3) is 0 Å². The molecule has 3 nitrogen and oxygen atoms in total. The fourth-order valence-corrected chi connectivity index (χ4v) is 2.95. The number of benzene rings is 1. The van der Waals surface area contributed by atoms with E-state index in [9.17, 15) is 5.11 Å².